The molecule has 0 aromatic carbocycles. The lowest BCUT2D eigenvalue weighted by Crippen LogP contribution is -2.63. The lowest BCUT2D eigenvalue weighted by atomic mass is 10.1. The van der Waals surface area contributed by atoms with Gasteiger partial charge in [-0.15, -0.1) is 0 Å². The molecule has 1 fully saturated rings. The molecule has 19 heavy (non-hydrogen) atoms. The first-order valence-electron chi connectivity index (χ1n) is 5.65. The Morgan fingerprint density at radius 2 is 2.16 bits per heavy atom. The minimum Gasteiger partial charge on any atom is -0.480 e. The maximum atomic E-state index is 11.8. The molecule has 1 aliphatic rings. The van der Waals surface area contributed by atoms with Crippen molar-refractivity contribution in [1.82, 2.24) is 15.5 Å². The van der Waals surface area contributed by atoms with E-state index < -0.39 is 42.5 Å². The summed E-state index contributed by atoms with van der Waals surface area (Å²) in [5.41, 5.74) is 0. The van der Waals surface area contributed by atoms with E-state index in [-0.39, 0.29) is 13.0 Å². The molecule has 1 rings (SSSR count). The van der Waals surface area contributed by atoms with Crippen LogP contribution in [0.15, 0.2) is 0 Å². The Hall–Kier alpha value is -2.16. The number of aliphatic hydroxyl groups is 1. The van der Waals surface area contributed by atoms with Crippen molar-refractivity contribution in [3.05, 3.63) is 0 Å². The van der Waals surface area contributed by atoms with Gasteiger partial charge in [-0.3, -0.25) is 14.9 Å². The summed E-state index contributed by atoms with van der Waals surface area (Å²) >= 11 is 0. The van der Waals surface area contributed by atoms with Crippen LogP contribution in [0.2, 0.25) is 0 Å². The number of hydrogen-bond acceptors (Lipinski definition) is 5. The lowest BCUT2D eigenvalue weighted by Gasteiger charge is -2.33. The molecule has 0 aliphatic carbocycles. The summed E-state index contributed by atoms with van der Waals surface area (Å²) in [6, 6.07) is -3.20. The smallest absolute Gasteiger partial charge is 0.328 e. The number of carbonyl (C=O) groups excluding carboxylic acids is 3. The van der Waals surface area contributed by atoms with Crippen molar-refractivity contribution in [3.63, 3.8) is 0 Å². The number of nitrogens with one attached hydrogen (secondary N) is 2. The van der Waals surface area contributed by atoms with Gasteiger partial charge in [0.2, 0.25) is 11.8 Å². The SMILES string of the molecule is CCC1C(=O)NC(=O)CN1C(=O)N[C@H](CO)C(=O)O. The van der Waals surface area contributed by atoms with Gasteiger partial charge in [0, 0.05) is 0 Å². The molecule has 0 aromatic heterocycles. The summed E-state index contributed by atoms with van der Waals surface area (Å²) in [6.07, 6.45) is 0.281. The van der Waals surface area contributed by atoms with Gasteiger partial charge in [-0.2, -0.15) is 0 Å². The van der Waals surface area contributed by atoms with Crippen LogP contribution in [0.4, 0.5) is 4.79 Å². The fraction of sp³-hybridized carbons (Fsp3) is 0.600. The molecule has 0 aromatic rings. The van der Waals surface area contributed by atoms with E-state index in [2.05, 4.69) is 5.32 Å². The Kier molecular flexibility index (Phi) is 4.81. The third kappa shape index (κ3) is 3.41. The highest BCUT2D eigenvalue weighted by atomic mass is 16.4. The molecule has 1 saturated heterocycles. The predicted octanol–water partition coefficient (Wildman–Crippen LogP) is -2.12. The Balaban J connectivity index is 2.80. The Morgan fingerprint density at radius 1 is 1.53 bits per heavy atom. The van der Waals surface area contributed by atoms with Gasteiger partial charge in [0.1, 0.15) is 12.6 Å². The molecule has 0 bridgehead atoms. The number of rotatable bonds is 4. The van der Waals surface area contributed by atoms with Crippen LogP contribution in [0.1, 0.15) is 13.3 Å². The van der Waals surface area contributed by atoms with Gasteiger partial charge < -0.3 is 20.4 Å². The monoisotopic (exact) mass is 273 g/mol. The normalized spacial score (nSPS) is 20.7. The van der Waals surface area contributed by atoms with Crippen LogP contribution in [0.3, 0.4) is 0 Å². The van der Waals surface area contributed by atoms with Gasteiger partial charge in [0.05, 0.1) is 6.61 Å². The molecule has 4 amide bonds. The van der Waals surface area contributed by atoms with Crippen molar-refractivity contribution in [3.8, 4) is 0 Å². The van der Waals surface area contributed by atoms with Crippen molar-refractivity contribution >= 4 is 23.8 Å². The highest BCUT2D eigenvalue weighted by Gasteiger charge is 2.36. The zero-order valence-electron chi connectivity index (χ0n) is 10.3. The topological polar surface area (TPSA) is 136 Å². The van der Waals surface area contributed by atoms with Crippen LogP contribution in [0.5, 0.6) is 0 Å². The standard InChI is InChI=1S/C10H15N3O6/c1-2-6-8(16)12-7(15)3-13(6)10(19)11-5(4-14)9(17)18/h5-6,14H,2-4H2,1H3,(H,11,19)(H,17,18)(H,12,15,16)/t5-,6?/m1/s1. The van der Waals surface area contributed by atoms with E-state index in [1.807, 2.05) is 5.32 Å². The number of carboxylic acid groups (broad SMARTS) is 1. The van der Waals surface area contributed by atoms with Crippen LogP contribution >= 0.6 is 0 Å². The Morgan fingerprint density at radius 3 is 2.63 bits per heavy atom. The van der Waals surface area contributed by atoms with E-state index in [4.69, 9.17) is 10.2 Å². The average molecular weight is 273 g/mol. The van der Waals surface area contributed by atoms with Gasteiger partial charge in [0.25, 0.3) is 0 Å². The van der Waals surface area contributed by atoms with E-state index in [1.165, 1.54) is 0 Å². The van der Waals surface area contributed by atoms with E-state index in [9.17, 15) is 19.2 Å². The number of aliphatic hydroxyl groups excluding tert-OH is 1. The summed E-state index contributed by atoms with van der Waals surface area (Å²) in [4.78, 5) is 46.2. The van der Waals surface area contributed by atoms with Crippen LogP contribution in [-0.2, 0) is 14.4 Å². The van der Waals surface area contributed by atoms with Crippen LogP contribution in [0.25, 0.3) is 0 Å². The van der Waals surface area contributed by atoms with Crippen molar-refractivity contribution in [2.24, 2.45) is 0 Å². The summed E-state index contributed by atoms with van der Waals surface area (Å²) in [5.74, 6) is -2.65. The number of carboxylic acids is 1. The maximum Gasteiger partial charge on any atom is 0.328 e. The van der Waals surface area contributed by atoms with E-state index in [0.717, 1.165) is 4.90 Å². The van der Waals surface area contributed by atoms with Gasteiger partial charge >= 0.3 is 12.0 Å². The quantitative estimate of drug-likeness (QED) is 0.432. The average Bonchev–Trinajstić information content (AvgIpc) is 2.34. The molecule has 1 unspecified atom stereocenters. The minimum atomic E-state index is -1.48. The fourth-order valence-electron chi connectivity index (χ4n) is 1.70. The summed E-state index contributed by atoms with van der Waals surface area (Å²) in [5, 5.41) is 21.7. The molecule has 0 radical (unpaired) electrons. The van der Waals surface area contributed by atoms with Crippen molar-refractivity contribution in [2.75, 3.05) is 13.2 Å². The van der Waals surface area contributed by atoms with Crippen molar-refractivity contribution in [2.45, 2.75) is 25.4 Å². The molecule has 9 heteroatoms. The van der Waals surface area contributed by atoms with Gasteiger partial charge in [-0.25, -0.2) is 9.59 Å². The molecule has 1 heterocycles. The highest BCUT2D eigenvalue weighted by molar-refractivity contribution is 6.04. The number of nitrogens with zero attached hydrogens (tertiary/aromatic N) is 1. The van der Waals surface area contributed by atoms with Gasteiger partial charge in [-0.05, 0) is 6.42 Å². The first-order chi connectivity index (χ1) is 8.90. The number of urea groups is 1. The lowest BCUT2D eigenvalue weighted by molar-refractivity contribution is -0.140. The molecule has 2 atom stereocenters. The largest absolute Gasteiger partial charge is 0.480 e. The highest BCUT2D eigenvalue weighted by Crippen LogP contribution is 2.09. The molecule has 106 valence electrons. The molecule has 0 spiro atoms. The number of hydrogen-bond donors (Lipinski definition) is 4. The zero-order valence-corrected chi connectivity index (χ0v) is 10.3. The van der Waals surface area contributed by atoms with Crippen LogP contribution < -0.4 is 10.6 Å². The minimum absolute atomic E-state index is 0.281. The predicted molar refractivity (Wildman–Crippen MR) is 61.0 cm³/mol. The number of aliphatic carboxylic acids is 1. The number of imide groups is 1. The van der Waals surface area contributed by atoms with E-state index in [0.29, 0.717) is 0 Å². The second-order valence-corrected chi connectivity index (χ2v) is 3.99. The number of piperazine rings is 1. The summed E-state index contributed by atoms with van der Waals surface area (Å²) in [7, 11) is 0. The first kappa shape index (κ1) is 14.9. The molecule has 4 N–H and O–H groups in total. The van der Waals surface area contributed by atoms with Crippen molar-refractivity contribution in [1.29, 1.82) is 0 Å². The molecular formula is C10H15N3O6. The second kappa shape index (κ2) is 6.14. The molecule has 9 nitrogen and oxygen atoms in total. The fourth-order valence-corrected chi connectivity index (χ4v) is 1.70. The third-order valence-corrected chi connectivity index (χ3v) is 2.68. The maximum absolute atomic E-state index is 11.8. The Bertz CT molecular complexity index is 410. The van der Waals surface area contributed by atoms with Gasteiger partial charge in [-0.1, -0.05) is 6.92 Å². The third-order valence-electron chi connectivity index (χ3n) is 2.68. The number of amides is 4. The van der Waals surface area contributed by atoms with Crippen LogP contribution in [0, 0.1) is 0 Å². The first-order valence-corrected chi connectivity index (χ1v) is 5.65. The summed E-state index contributed by atoms with van der Waals surface area (Å²) < 4.78 is 0. The van der Waals surface area contributed by atoms with E-state index >= 15 is 0 Å². The van der Waals surface area contributed by atoms with E-state index in [1.54, 1.807) is 6.92 Å². The second-order valence-electron chi connectivity index (χ2n) is 3.99. The van der Waals surface area contributed by atoms with Crippen molar-refractivity contribution < 1.29 is 29.4 Å². The number of carbonyl (C=O) groups is 4. The van der Waals surface area contributed by atoms with Crippen LogP contribution in [-0.4, -0.2) is 64.2 Å². The zero-order chi connectivity index (χ0) is 14.6. The molecular weight excluding hydrogens is 258 g/mol. The van der Waals surface area contributed by atoms with Gasteiger partial charge in [0.15, 0.2) is 6.04 Å². The Labute approximate surface area is 108 Å². The molecule has 1 aliphatic heterocycles. The summed E-state index contributed by atoms with van der Waals surface area (Å²) in [6.45, 7) is 0.529. The molecule has 0 saturated carbocycles.